The van der Waals surface area contributed by atoms with E-state index in [1.54, 1.807) is 35.3 Å². The van der Waals surface area contributed by atoms with Crippen molar-refractivity contribution in [3.63, 3.8) is 0 Å². The Hall–Kier alpha value is -3.66. The van der Waals surface area contributed by atoms with Crippen LogP contribution < -0.4 is 4.74 Å². The summed E-state index contributed by atoms with van der Waals surface area (Å²) < 4.78 is 23.1. The highest BCUT2D eigenvalue weighted by Gasteiger charge is 2.24. The molecule has 8 nitrogen and oxygen atoms in total. The quantitative estimate of drug-likeness (QED) is 0.308. The number of Topliss-reactive ketones (excluding diaryl/α,β-unsaturated/α-hetero) is 1. The summed E-state index contributed by atoms with van der Waals surface area (Å²) >= 11 is 1.42. The number of hydrogen-bond acceptors (Lipinski definition) is 7. The summed E-state index contributed by atoms with van der Waals surface area (Å²) in [6, 6.07) is 8.26. The Labute approximate surface area is 217 Å². The van der Waals surface area contributed by atoms with Crippen molar-refractivity contribution in [2.45, 2.75) is 45.1 Å². The minimum absolute atomic E-state index is 0.0444. The van der Waals surface area contributed by atoms with Crippen LogP contribution in [0.25, 0.3) is 20.8 Å². The van der Waals surface area contributed by atoms with E-state index in [9.17, 15) is 14.0 Å². The monoisotopic (exact) mass is 519 g/mol. The number of hydrogen-bond donors (Lipinski definition) is 0. The topological polar surface area (TPSA) is 90.2 Å². The third-order valence-corrected chi connectivity index (χ3v) is 7.92. The average Bonchev–Trinajstić information content (AvgIpc) is 3.28. The maximum Gasteiger partial charge on any atom is 0.244 e. The fourth-order valence-corrected chi connectivity index (χ4v) is 5.63. The van der Waals surface area contributed by atoms with Gasteiger partial charge in [0, 0.05) is 38.2 Å². The molecule has 1 aliphatic heterocycles. The summed E-state index contributed by atoms with van der Waals surface area (Å²) in [4.78, 5) is 31.7. The zero-order chi connectivity index (χ0) is 25.4. The number of nitrogens with zero attached hydrogens (tertiary/aromatic N) is 5. The van der Waals surface area contributed by atoms with Crippen molar-refractivity contribution < 1.29 is 18.7 Å². The van der Waals surface area contributed by atoms with E-state index in [2.05, 4.69) is 15.3 Å². The first-order chi connectivity index (χ1) is 18.0. The van der Waals surface area contributed by atoms with Crippen LogP contribution in [0.5, 0.6) is 11.5 Å². The predicted octanol–water partition coefficient (Wildman–Crippen LogP) is 5.02. The smallest absolute Gasteiger partial charge is 0.244 e. The number of fused-ring (bicyclic) bond motifs is 1. The maximum atomic E-state index is 14.8. The van der Waals surface area contributed by atoms with Gasteiger partial charge in [0.1, 0.15) is 23.8 Å². The second kappa shape index (κ2) is 10.0. The molecule has 0 bridgehead atoms. The van der Waals surface area contributed by atoms with Gasteiger partial charge in [0.2, 0.25) is 5.91 Å². The van der Waals surface area contributed by atoms with Crippen LogP contribution in [-0.4, -0.2) is 49.7 Å². The van der Waals surface area contributed by atoms with Gasteiger partial charge in [0.15, 0.2) is 11.6 Å². The maximum absolute atomic E-state index is 14.8. The fraction of sp³-hybridized carbons (Fsp3) is 0.370. The van der Waals surface area contributed by atoms with Gasteiger partial charge in [-0.2, -0.15) is 0 Å². The van der Waals surface area contributed by atoms with Gasteiger partial charge in [-0.25, -0.2) is 9.07 Å². The molecule has 0 N–H and O–H groups in total. The van der Waals surface area contributed by atoms with Crippen LogP contribution in [0.15, 0.2) is 42.7 Å². The van der Waals surface area contributed by atoms with E-state index < -0.39 is 5.82 Å². The third-order valence-electron chi connectivity index (χ3n) is 6.75. The molecule has 1 saturated heterocycles. The summed E-state index contributed by atoms with van der Waals surface area (Å²) in [5, 5.41) is 8.36. The molecule has 0 radical (unpaired) electrons. The molecule has 0 unspecified atom stereocenters. The Balaban J connectivity index is 1.17. The van der Waals surface area contributed by atoms with Gasteiger partial charge in [-0.05, 0) is 55.4 Å². The highest BCUT2D eigenvalue weighted by Crippen LogP contribution is 2.39. The molecule has 37 heavy (non-hydrogen) atoms. The molecule has 6 rings (SSSR count). The highest BCUT2D eigenvalue weighted by atomic mass is 32.1. The lowest BCUT2D eigenvalue weighted by Gasteiger charge is -2.14. The van der Waals surface area contributed by atoms with E-state index in [0.29, 0.717) is 34.9 Å². The lowest BCUT2D eigenvalue weighted by Crippen LogP contribution is -2.31. The number of rotatable bonds is 9. The largest absolute Gasteiger partial charge is 0.453 e. The molecule has 2 fully saturated rings. The Morgan fingerprint density at radius 1 is 1.11 bits per heavy atom. The number of ketones is 1. The molecule has 190 valence electrons. The first-order valence-electron chi connectivity index (χ1n) is 12.6. The zero-order valence-corrected chi connectivity index (χ0v) is 21.0. The van der Waals surface area contributed by atoms with Gasteiger partial charge in [0.05, 0.1) is 21.3 Å². The minimum atomic E-state index is -0.510. The highest BCUT2D eigenvalue weighted by molar-refractivity contribution is 7.22. The van der Waals surface area contributed by atoms with Gasteiger partial charge in [-0.15, -0.1) is 16.4 Å². The third kappa shape index (κ3) is 5.39. The van der Waals surface area contributed by atoms with Crippen LogP contribution in [0.1, 0.15) is 37.7 Å². The van der Waals surface area contributed by atoms with Crippen LogP contribution in [0.3, 0.4) is 0 Å². The van der Waals surface area contributed by atoms with Crippen molar-refractivity contribution in [2.24, 2.45) is 5.92 Å². The fourth-order valence-electron chi connectivity index (χ4n) is 4.61. The van der Waals surface area contributed by atoms with Gasteiger partial charge in [-0.3, -0.25) is 14.6 Å². The molecule has 1 saturated carbocycles. The number of amides is 1. The van der Waals surface area contributed by atoms with E-state index in [0.717, 1.165) is 48.3 Å². The number of benzene rings is 1. The van der Waals surface area contributed by atoms with E-state index in [1.165, 1.54) is 17.4 Å². The van der Waals surface area contributed by atoms with Gasteiger partial charge < -0.3 is 9.64 Å². The number of likely N-dealkylation sites (tertiary alicyclic amines) is 1. The first-order valence-corrected chi connectivity index (χ1v) is 13.4. The van der Waals surface area contributed by atoms with Gasteiger partial charge in [-0.1, -0.05) is 11.3 Å². The van der Waals surface area contributed by atoms with Crippen molar-refractivity contribution in [1.82, 2.24) is 24.9 Å². The number of pyridine rings is 1. The molecule has 4 heterocycles. The SMILES string of the molecule is O=C(Cc1ccc(Oc2ccnc3cc(-c4cn(CC(=O)N5CCCC5)nn4)sc23)c(F)c1)CC1CC1. The van der Waals surface area contributed by atoms with Crippen LogP contribution >= 0.6 is 11.3 Å². The van der Waals surface area contributed by atoms with E-state index in [-0.39, 0.29) is 30.4 Å². The Morgan fingerprint density at radius 3 is 2.73 bits per heavy atom. The number of halogens is 1. The number of aromatic nitrogens is 4. The summed E-state index contributed by atoms with van der Waals surface area (Å²) in [5.41, 5.74) is 1.98. The molecular weight excluding hydrogens is 493 g/mol. The Kier molecular flexibility index (Phi) is 6.42. The molecule has 2 aliphatic rings. The van der Waals surface area contributed by atoms with Crippen molar-refractivity contribution >= 4 is 33.2 Å². The van der Waals surface area contributed by atoms with Crippen LogP contribution in [0, 0.1) is 11.7 Å². The molecule has 1 aromatic carbocycles. The molecule has 4 aromatic rings. The van der Waals surface area contributed by atoms with Crippen molar-refractivity contribution in [3.05, 3.63) is 54.1 Å². The van der Waals surface area contributed by atoms with Crippen molar-refractivity contribution in [1.29, 1.82) is 0 Å². The number of ether oxygens (including phenoxy) is 1. The Bertz CT molecular complexity index is 1470. The Morgan fingerprint density at radius 2 is 1.95 bits per heavy atom. The minimum Gasteiger partial charge on any atom is -0.453 e. The van der Waals surface area contributed by atoms with Crippen LogP contribution in [-0.2, 0) is 22.6 Å². The molecule has 0 atom stereocenters. The van der Waals surface area contributed by atoms with E-state index >= 15 is 0 Å². The second-order valence-corrected chi connectivity index (χ2v) is 10.8. The summed E-state index contributed by atoms with van der Waals surface area (Å²) in [7, 11) is 0. The number of thiophene rings is 1. The molecule has 0 spiro atoms. The first kappa shape index (κ1) is 23.7. The van der Waals surface area contributed by atoms with E-state index in [1.807, 2.05) is 11.0 Å². The number of carbonyl (C=O) groups excluding carboxylic acids is 2. The van der Waals surface area contributed by atoms with E-state index in [4.69, 9.17) is 4.74 Å². The summed E-state index contributed by atoms with van der Waals surface area (Å²) in [5.74, 6) is 0.773. The van der Waals surface area contributed by atoms with Crippen LogP contribution in [0.4, 0.5) is 4.39 Å². The summed E-state index contributed by atoms with van der Waals surface area (Å²) in [6.45, 7) is 1.76. The molecule has 3 aromatic heterocycles. The van der Waals surface area contributed by atoms with Gasteiger partial charge >= 0.3 is 0 Å². The molecular formula is C27H26FN5O3S. The summed E-state index contributed by atoms with van der Waals surface area (Å²) in [6.07, 6.45) is 8.51. The average molecular weight is 520 g/mol. The lowest BCUT2D eigenvalue weighted by atomic mass is 10.0. The molecule has 1 aliphatic carbocycles. The normalized spacial score (nSPS) is 15.4. The second-order valence-electron chi connectivity index (χ2n) is 9.75. The predicted molar refractivity (Wildman–Crippen MR) is 137 cm³/mol. The standard InChI is InChI=1S/C27H26FN5O3S/c28-20-13-18(12-19(34)11-17-3-4-17)5-6-23(20)36-24-7-8-29-21-14-25(37-27(21)24)22-15-33(31-30-22)16-26(35)32-9-1-2-10-32/h5-8,13-15,17H,1-4,9-12,16H2. The molecule has 10 heteroatoms. The lowest BCUT2D eigenvalue weighted by molar-refractivity contribution is -0.131. The van der Waals surface area contributed by atoms with Crippen molar-refractivity contribution in [2.75, 3.05) is 13.1 Å². The number of carbonyl (C=O) groups is 2. The van der Waals surface area contributed by atoms with Crippen LogP contribution in [0.2, 0.25) is 0 Å². The zero-order valence-electron chi connectivity index (χ0n) is 20.2. The molecule has 1 amide bonds. The van der Waals surface area contributed by atoms with Gasteiger partial charge in [0.25, 0.3) is 0 Å². The van der Waals surface area contributed by atoms with Crippen molar-refractivity contribution in [3.8, 4) is 22.1 Å².